The molecule has 0 heterocycles. The summed E-state index contributed by atoms with van der Waals surface area (Å²) in [6.07, 6.45) is -4.58. The van der Waals surface area contributed by atoms with E-state index in [2.05, 4.69) is 0 Å². The second-order valence-corrected chi connectivity index (χ2v) is 3.52. The third-order valence-corrected chi connectivity index (χ3v) is 2.22. The number of rotatable bonds is 6. The lowest BCUT2D eigenvalue weighted by Crippen LogP contribution is -2.08. The Hall–Kier alpha value is -1.32. The number of carbonyl (C=O) groups excluding carboxylic acids is 1. The fourth-order valence-corrected chi connectivity index (χ4v) is 1.37. The SMILES string of the molecule is O=C(CCCC(F)F)C(F)c1ccccc1. The normalized spacial score (nSPS) is 12.8. The number of halogens is 3. The van der Waals surface area contributed by atoms with Crippen molar-refractivity contribution in [3.05, 3.63) is 35.9 Å². The number of benzene rings is 1. The topological polar surface area (TPSA) is 17.1 Å². The molecule has 0 saturated carbocycles. The Balaban J connectivity index is 2.43. The van der Waals surface area contributed by atoms with Crippen molar-refractivity contribution < 1.29 is 18.0 Å². The zero-order chi connectivity index (χ0) is 12.0. The third-order valence-electron chi connectivity index (χ3n) is 2.22. The molecule has 1 atom stereocenters. The van der Waals surface area contributed by atoms with Gasteiger partial charge in [-0.15, -0.1) is 0 Å². The van der Waals surface area contributed by atoms with Gasteiger partial charge in [0, 0.05) is 12.8 Å². The number of hydrogen-bond acceptors (Lipinski definition) is 1. The fraction of sp³-hybridized carbons (Fsp3) is 0.417. The molecule has 0 aliphatic rings. The van der Waals surface area contributed by atoms with Gasteiger partial charge in [0.2, 0.25) is 6.43 Å². The number of carbonyl (C=O) groups is 1. The summed E-state index contributed by atoms with van der Waals surface area (Å²) < 4.78 is 37.1. The molecule has 1 unspecified atom stereocenters. The summed E-state index contributed by atoms with van der Waals surface area (Å²) in [6.45, 7) is 0. The van der Waals surface area contributed by atoms with Gasteiger partial charge in [-0.3, -0.25) is 4.79 Å². The highest BCUT2D eigenvalue weighted by molar-refractivity contribution is 5.84. The van der Waals surface area contributed by atoms with Crippen LogP contribution in [0, 0.1) is 0 Å². The lowest BCUT2D eigenvalue weighted by molar-refractivity contribution is -0.124. The van der Waals surface area contributed by atoms with E-state index in [0.29, 0.717) is 0 Å². The summed E-state index contributed by atoms with van der Waals surface area (Å²) >= 11 is 0. The molecule has 0 bridgehead atoms. The van der Waals surface area contributed by atoms with Crippen molar-refractivity contribution in [1.29, 1.82) is 0 Å². The quantitative estimate of drug-likeness (QED) is 0.728. The van der Waals surface area contributed by atoms with Crippen LogP contribution in [0.15, 0.2) is 30.3 Å². The largest absolute Gasteiger partial charge is 0.296 e. The maximum atomic E-state index is 13.5. The molecular formula is C12H13F3O. The average Bonchev–Trinajstić information content (AvgIpc) is 2.28. The van der Waals surface area contributed by atoms with E-state index >= 15 is 0 Å². The first-order valence-corrected chi connectivity index (χ1v) is 5.11. The van der Waals surface area contributed by atoms with Gasteiger partial charge in [0.15, 0.2) is 12.0 Å². The van der Waals surface area contributed by atoms with Crippen LogP contribution in [0.2, 0.25) is 0 Å². The van der Waals surface area contributed by atoms with Crippen LogP contribution in [-0.2, 0) is 4.79 Å². The van der Waals surface area contributed by atoms with Crippen molar-refractivity contribution in [1.82, 2.24) is 0 Å². The molecule has 0 radical (unpaired) electrons. The molecule has 1 aromatic rings. The Morgan fingerprint density at radius 3 is 2.31 bits per heavy atom. The van der Waals surface area contributed by atoms with Crippen LogP contribution >= 0.6 is 0 Å². The monoisotopic (exact) mass is 230 g/mol. The van der Waals surface area contributed by atoms with E-state index in [9.17, 15) is 18.0 Å². The van der Waals surface area contributed by atoms with Crippen LogP contribution < -0.4 is 0 Å². The minimum atomic E-state index is -2.43. The van der Waals surface area contributed by atoms with Gasteiger partial charge in [0.05, 0.1) is 0 Å². The molecule has 4 heteroatoms. The Labute approximate surface area is 92.3 Å². The molecule has 0 amide bonds. The van der Waals surface area contributed by atoms with Gasteiger partial charge in [-0.25, -0.2) is 13.2 Å². The van der Waals surface area contributed by atoms with Crippen molar-refractivity contribution in [2.24, 2.45) is 0 Å². The first-order chi connectivity index (χ1) is 7.61. The van der Waals surface area contributed by atoms with Gasteiger partial charge in [0.25, 0.3) is 0 Å². The van der Waals surface area contributed by atoms with Gasteiger partial charge in [0.1, 0.15) is 0 Å². The summed E-state index contributed by atoms with van der Waals surface area (Å²) in [5, 5.41) is 0. The molecule has 1 rings (SSSR count). The second kappa shape index (κ2) is 6.30. The molecule has 1 nitrogen and oxygen atoms in total. The van der Waals surface area contributed by atoms with Crippen LogP contribution in [0.5, 0.6) is 0 Å². The Kier molecular flexibility index (Phi) is 5.02. The van der Waals surface area contributed by atoms with Crippen LogP contribution in [0.1, 0.15) is 31.0 Å². The Bertz CT molecular complexity index is 324. The average molecular weight is 230 g/mol. The van der Waals surface area contributed by atoms with Crippen molar-refractivity contribution in [3.8, 4) is 0 Å². The van der Waals surface area contributed by atoms with Crippen molar-refractivity contribution in [2.45, 2.75) is 31.9 Å². The molecule has 16 heavy (non-hydrogen) atoms. The molecule has 0 aliphatic carbocycles. The fourth-order valence-electron chi connectivity index (χ4n) is 1.37. The van der Waals surface area contributed by atoms with Crippen molar-refractivity contribution in [2.75, 3.05) is 0 Å². The molecule has 0 fully saturated rings. The maximum absolute atomic E-state index is 13.5. The van der Waals surface area contributed by atoms with Gasteiger partial charge < -0.3 is 0 Å². The number of alkyl halides is 3. The minimum absolute atomic E-state index is 0.0315. The van der Waals surface area contributed by atoms with E-state index in [0.717, 1.165) is 0 Å². The Morgan fingerprint density at radius 1 is 1.12 bits per heavy atom. The summed E-state index contributed by atoms with van der Waals surface area (Å²) in [6, 6.07) is 8.01. The summed E-state index contributed by atoms with van der Waals surface area (Å²) in [7, 11) is 0. The second-order valence-electron chi connectivity index (χ2n) is 3.52. The lowest BCUT2D eigenvalue weighted by atomic mass is 10.0. The molecule has 0 aromatic heterocycles. The number of Topliss-reactive ketones (excluding diaryl/α,β-unsaturated/α-hetero) is 1. The minimum Gasteiger partial charge on any atom is -0.296 e. The highest BCUT2D eigenvalue weighted by Crippen LogP contribution is 2.20. The Morgan fingerprint density at radius 2 is 1.75 bits per heavy atom. The van der Waals surface area contributed by atoms with E-state index in [1.165, 1.54) is 12.1 Å². The molecule has 0 N–H and O–H groups in total. The van der Waals surface area contributed by atoms with Crippen LogP contribution in [-0.4, -0.2) is 12.2 Å². The lowest BCUT2D eigenvalue weighted by Gasteiger charge is -2.07. The molecule has 0 aliphatic heterocycles. The zero-order valence-electron chi connectivity index (χ0n) is 8.70. The third kappa shape index (κ3) is 4.04. The van der Waals surface area contributed by atoms with Crippen LogP contribution in [0.25, 0.3) is 0 Å². The summed E-state index contributed by atoms with van der Waals surface area (Å²) in [5.41, 5.74) is 0.282. The first kappa shape index (κ1) is 12.7. The molecule has 88 valence electrons. The van der Waals surface area contributed by atoms with Crippen LogP contribution in [0.4, 0.5) is 13.2 Å². The zero-order valence-corrected chi connectivity index (χ0v) is 8.70. The number of hydrogen-bond donors (Lipinski definition) is 0. The van der Waals surface area contributed by atoms with Gasteiger partial charge >= 0.3 is 0 Å². The van der Waals surface area contributed by atoms with Crippen molar-refractivity contribution in [3.63, 3.8) is 0 Å². The highest BCUT2D eigenvalue weighted by Gasteiger charge is 2.18. The highest BCUT2D eigenvalue weighted by atomic mass is 19.3. The predicted octanol–water partition coefficient (Wildman–Crippen LogP) is 3.70. The van der Waals surface area contributed by atoms with Crippen molar-refractivity contribution >= 4 is 5.78 Å². The van der Waals surface area contributed by atoms with E-state index in [4.69, 9.17) is 0 Å². The van der Waals surface area contributed by atoms with Gasteiger partial charge in [-0.1, -0.05) is 30.3 Å². The summed E-state index contributed by atoms with van der Waals surface area (Å²) in [4.78, 5) is 11.3. The smallest absolute Gasteiger partial charge is 0.238 e. The van der Waals surface area contributed by atoms with E-state index in [1.54, 1.807) is 18.2 Å². The maximum Gasteiger partial charge on any atom is 0.238 e. The van der Waals surface area contributed by atoms with E-state index in [1.807, 2.05) is 0 Å². The van der Waals surface area contributed by atoms with E-state index < -0.39 is 18.4 Å². The van der Waals surface area contributed by atoms with Crippen LogP contribution in [0.3, 0.4) is 0 Å². The number of ketones is 1. The molecule has 1 aromatic carbocycles. The standard InChI is InChI=1S/C12H13F3O/c13-11(14)8-4-7-10(16)12(15)9-5-2-1-3-6-9/h1-3,5-6,11-12H,4,7-8H2. The van der Waals surface area contributed by atoms with Gasteiger partial charge in [-0.2, -0.15) is 0 Å². The molecule has 0 saturated heterocycles. The van der Waals surface area contributed by atoms with Gasteiger partial charge in [-0.05, 0) is 12.0 Å². The molecular weight excluding hydrogens is 217 g/mol. The predicted molar refractivity (Wildman–Crippen MR) is 55.2 cm³/mol. The molecule has 0 spiro atoms. The summed E-state index contributed by atoms with van der Waals surface area (Å²) in [5.74, 6) is -0.633. The van der Waals surface area contributed by atoms with E-state index in [-0.39, 0.29) is 24.8 Å². The first-order valence-electron chi connectivity index (χ1n) is 5.11.